The highest BCUT2D eigenvalue weighted by Gasteiger charge is 2.19. The molecule has 2 N–H and O–H groups in total. The van der Waals surface area contributed by atoms with Crippen LogP contribution in [0.2, 0.25) is 5.02 Å². The van der Waals surface area contributed by atoms with Crippen LogP contribution in [-0.4, -0.2) is 19.9 Å². The summed E-state index contributed by atoms with van der Waals surface area (Å²) in [5.41, 5.74) is 0.887. The molecular weight excluding hydrogens is 378 g/mol. The number of hydrogen-bond acceptors (Lipinski definition) is 4. The number of sulfonamides is 1. The second-order valence-corrected chi connectivity index (χ2v) is 7.05. The van der Waals surface area contributed by atoms with E-state index in [4.69, 9.17) is 11.6 Å². The second kappa shape index (κ2) is 6.64. The van der Waals surface area contributed by atoms with Gasteiger partial charge in [0.05, 0.1) is 16.4 Å². The first-order valence-corrected chi connectivity index (χ1v) is 8.75. The van der Waals surface area contributed by atoms with Gasteiger partial charge in [0, 0.05) is 23.4 Å². The molecule has 2 aromatic rings. The van der Waals surface area contributed by atoms with E-state index in [0.717, 1.165) is 0 Å². The molecule has 5 nitrogen and oxygen atoms in total. The molecule has 8 heteroatoms. The number of pyridine rings is 1. The predicted octanol–water partition coefficient (Wildman–Crippen LogP) is 3.73. The summed E-state index contributed by atoms with van der Waals surface area (Å²) in [6.07, 6.45) is 2.84. The minimum absolute atomic E-state index is 0.0888. The Labute approximate surface area is 136 Å². The average Bonchev–Trinajstić information content (AvgIpc) is 2.43. The van der Waals surface area contributed by atoms with Crippen molar-refractivity contribution < 1.29 is 8.42 Å². The lowest BCUT2D eigenvalue weighted by molar-refractivity contribution is 0.601. The Bertz CT molecular complexity index is 753. The lowest BCUT2D eigenvalue weighted by atomic mass is 10.3. The molecule has 1 aromatic carbocycles. The molecule has 112 valence electrons. The van der Waals surface area contributed by atoms with Crippen molar-refractivity contribution in [1.82, 2.24) is 4.98 Å². The summed E-state index contributed by atoms with van der Waals surface area (Å²) in [7, 11) is -3.74. The highest BCUT2D eigenvalue weighted by atomic mass is 79.9. The molecule has 0 amide bonds. The van der Waals surface area contributed by atoms with Crippen LogP contribution in [0, 0.1) is 0 Å². The Kier molecular flexibility index (Phi) is 5.08. The molecule has 21 heavy (non-hydrogen) atoms. The standard InChI is InChI=1S/C13H13BrClN3O2S/c1-2-17-12-5-6-16-8-13(12)21(19,20)18-9-3-4-10(14)11(15)7-9/h3-8,18H,2H2,1H3,(H,16,17). The molecule has 0 aliphatic rings. The maximum atomic E-state index is 12.4. The summed E-state index contributed by atoms with van der Waals surface area (Å²) in [5, 5.41) is 3.42. The van der Waals surface area contributed by atoms with Crippen LogP contribution in [0.1, 0.15) is 6.92 Å². The van der Waals surface area contributed by atoms with Gasteiger partial charge in [-0.2, -0.15) is 0 Å². The summed E-state index contributed by atoms with van der Waals surface area (Å²) < 4.78 is 28.1. The number of hydrogen-bond donors (Lipinski definition) is 2. The molecule has 0 fully saturated rings. The molecule has 1 heterocycles. The summed E-state index contributed by atoms with van der Waals surface area (Å²) in [4.78, 5) is 3.96. The first kappa shape index (κ1) is 16.1. The maximum Gasteiger partial charge on any atom is 0.265 e. The van der Waals surface area contributed by atoms with E-state index in [0.29, 0.717) is 27.4 Å². The van der Waals surface area contributed by atoms with E-state index in [1.807, 2.05) is 6.92 Å². The highest BCUT2D eigenvalue weighted by molar-refractivity contribution is 9.10. The summed E-state index contributed by atoms with van der Waals surface area (Å²) in [5.74, 6) is 0. The zero-order chi connectivity index (χ0) is 15.5. The van der Waals surface area contributed by atoms with Crippen molar-refractivity contribution in [1.29, 1.82) is 0 Å². The molecule has 0 aliphatic carbocycles. The van der Waals surface area contributed by atoms with Crippen molar-refractivity contribution in [3.63, 3.8) is 0 Å². The molecule has 0 radical (unpaired) electrons. The first-order valence-electron chi connectivity index (χ1n) is 6.10. The highest BCUT2D eigenvalue weighted by Crippen LogP contribution is 2.28. The Morgan fingerprint density at radius 3 is 2.76 bits per heavy atom. The topological polar surface area (TPSA) is 71.1 Å². The van der Waals surface area contributed by atoms with Crippen LogP contribution in [0.25, 0.3) is 0 Å². The zero-order valence-corrected chi connectivity index (χ0v) is 14.3. The minimum atomic E-state index is -3.74. The Balaban J connectivity index is 2.36. The van der Waals surface area contributed by atoms with Gasteiger partial charge in [0.2, 0.25) is 0 Å². The van der Waals surface area contributed by atoms with Gasteiger partial charge < -0.3 is 5.32 Å². The number of rotatable bonds is 5. The van der Waals surface area contributed by atoms with E-state index < -0.39 is 10.0 Å². The number of nitrogens with zero attached hydrogens (tertiary/aromatic N) is 1. The molecule has 0 unspecified atom stereocenters. The summed E-state index contributed by atoms with van der Waals surface area (Å²) in [6, 6.07) is 6.45. The van der Waals surface area contributed by atoms with Crippen molar-refractivity contribution in [2.24, 2.45) is 0 Å². The van der Waals surface area contributed by atoms with Gasteiger partial charge in [0.25, 0.3) is 10.0 Å². The monoisotopic (exact) mass is 389 g/mol. The number of anilines is 2. The molecule has 0 atom stereocenters. The fourth-order valence-corrected chi connectivity index (χ4v) is 3.30. The van der Waals surface area contributed by atoms with Crippen molar-refractivity contribution in [2.75, 3.05) is 16.6 Å². The van der Waals surface area contributed by atoms with Crippen LogP contribution in [0.5, 0.6) is 0 Å². The summed E-state index contributed by atoms with van der Waals surface area (Å²) >= 11 is 9.22. The van der Waals surface area contributed by atoms with Gasteiger partial charge in [0.1, 0.15) is 4.90 Å². The second-order valence-electron chi connectivity index (χ2n) is 4.14. The lowest BCUT2D eigenvalue weighted by Gasteiger charge is -2.12. The molecule has 2 rings (SSSR count). The number of halogens is 2. The van der Waals surface area contributed by atoms with Gasteiger partial charge in [-0.25, -0.2) is 8.42 Å². The maximum absolute atomic E-state index is 12.4. The largest absolute Gasteiger partial charge is 0.384 e. The van der Waals surface area contributed by atoms with Gasteiger partial charge in [-0.1, -0.05) is 11.6 Å². The van der Waals surface area contributed by atoms with Crippen molar-refractivity contribution in [3.05, 3.63) is 46.2 Å². The molecule has 0 bridgehead atoms. The van der Waals surface area contributed by atoms with Crippen LogP contribution in [0.4, 0.5) is 11.4 Å². The Morgan fingerprint density at radius 1 is 1.33 bits per heavy atom. The van der Waals surface area contributed by atoms with Crippen LogP contribution < -0.4 is 10.0 Å². The van der Waals surface area contributed by atoms with Gasteiger partial charge >= 0.3 is 0 Å². The quantitative estimate of drug-likeness (QED) is 0.816. The molecule has 1 aromatic heterocycles. The third-order valence-electron chi connectivity index (χ3n) is 2.61. The average molecular weight is 391 g/mol. The van der Waals surface area contributed by atoms with E-state index in [1.54, 1.807) is 18.2 Å². The van der Waals surface area contributed by atoms with E-state index in [-0.39, 0.29) is 4.90 Å². The predicted molar refractivity (Wildman–Crippen MR) is 88.4 cm³/mol. The van der Waals surface area contributed by atoms with E-state index in [1.165, 1.54) is 18.5 Å². The smallest absolute Gasteiger partial charge is 0.265 e. The van der Waals surface area contributed by atoms with Crippen LogP contribution in [-0.2, 0) is 10.0 Å². The van der Waals surface area contributed by atoms with Crippen molar-refractivity contribution >= 4 is 48.9 Å². The zero-order valence-electron chi connectivity index (χ0n) is 11.1. The first-order chi connectivity index (χ1) is 9.94. The van der Waals surface area contributed by atoms with Crippen LogP contribution in [0.3, 0.4) is 0 Å². The Morgan fingerprint density at radius 2 is 2.10 bits per heavy atom. The van der Waals surface area contributed by atoms with Gasteiger partial charge in [-0.3, -0.25) is 9.71 Å². The fourth-order valence-electron chi connectivity index (χ4n) is 1.70. The molecule has 0 spiro atoms. The van der Waals surface area contributed by atoms with Gasteiger partial charge in [0.15, 0.2) is 0 Å². The lowest BCUT2D eigenvalue weighted by Crippen LogP contribution is -2.15. The summed E-state index contributed by atoms with van der Waals surface area (Å²) in [6.45, 7) is 2.50. The van der Waals surface area contributed by atoms with Crippen molar-refractivity contribution in [2.45, 2.75) is 11.8 Å². The number of aromatic nitrogens is 1. The minimum Gasteiger partial charge on any atom is -0.384 e. The van der Waals surface area contributed by atoms with Gasteiger partial charge in [-0.05, 0) is 47.1 Å². The van der Waals surface area contributed by atoms with Crippen molar-refractivity contribution in [3.8, 4) is 0 Å². The molecule has 0 saturated heterocycles. The van der Waals surface area contributed by atoms with Crippen LogP contribution in [0.15, 0.2) is 46.0 Å². The third kappa shape index (κ3) is 3.87. The van der Waals surface area contributed by atoms with E-state index in [9.17, 15) is 8.42 Å². The van der Waals surface area contributed by atoms with E-state index in [2.05, 4.69) is 31.0 Å². The van der Waals surface area contributed by atoms with E-state index >= 15 is 0 Å². The van der Waals surface area contributed by atoms with Gasteiger partial charge in [-0.15, -0.1) is 0 Å². The molecule has 0 saturated carbocycles. The van der Waals surface area contributed by atoms with Crippen LogP contribution >= 0.6 is 27.5 Å². The third-order valence-corrected chi connectivity index (χ3v) is 5.25. The number of nitrogens with one attached hydrogen (secondary N) is 2. The molecule has 0 aliphatic heterocycles. The SMILES string of the molecule is CCNc1ccncc1S(=O)(=O)Nc1ccc(Br)c(Cl)c1. The normalized spacial score (nSPS) is 11.2. The fraction of sp³-hybridized carbons (Fsp3) is 0.154. The molecular formula is C13H13BrClN3O2S. The number of benzene rings is 1. The Hall–Kier alpha value is -1.31.